The molecule has 1 aliphatic carbocycles. The molecule has 8 nitrogen and oxygen atoms in total. The van der Waals surface area contributed by atoms with Crippen molar-refractivity contribution in [1.82, 2.24) is 25.1 Å². The lowest BCUT2D eigenvalue weighted by Crippen LogP contribution is -2.35. The molecule has 0 aromatic carbocycles. The second-order valence-corrected chi connectivity index (χ2v) is 6.61. The normalized spacial score (nSPS) is 16.9. The fourth-order valence-corrected chi connectivity index (χ4v) is 3.22. The van der Waals surface area contributed by atoms with Gasteiger partial charge in [-0.3, -0.25) is 9.48 Å². The van der Waals surface area contributed by atoms with Crippen molar-refractivity contribution in [2.45, 2.75) is 38.9 Å². The van der Waals surface area contributed by atoms with E-state index in [0.29, 0.717) is 6.54 Å². The third-order valence-corrected chi connectivity index (χ3v) is 4.95. The zero-order valence-corrected chi connectivity index (χ0v) is 14.4. The largest absolute Gasteiger partial charge is 0.373 e. The maximum absolute atomic E-state index is 12.0. The van der Waals surface area contributed by atoms with Crippen LogP contribution in [0.4, 0.5) is 11.8 Å². The van der Waals surface area contributed by atoms with Crippen LogP contribution < -0.4 is 15.5 Å². The molecule has 0 spiro atoms. The predicted octanol–water partition coefficient (Wildman–Crippen LogP) is 1.15. The van der Waals surface area contributed by atoms with E-state index in [-0.39, 0.29) is 11.8 Å². The van der Waals surface area contributed by atoms with Crippen molar-refractivity contribution < 1.29 is 4.79 Å². The van der Waals surface area contributed by atoms with E-state index < -0.39 is 0 Å². The molecule has 2 aromatic heterocycles. The fraction of sp³-hybridized carbons (Fsp3) is 0.529. The van der Waals surface area contributed by atoms with Gasteiger partial charge in [0.05, 0.1) is 31.0 Å². The first kappa shape index (κ1) is 15.9. The maximum atomic E-state index is 12.0. The van der Waals surface area contributed by atoms with Crippen LogP contribution in [0, 0.1) is 5.92 Å². The Hall–Kier alpha value is -2.64. The van der Waals surface area contributed by atoms with Crippen LogP contribution in [0.2, 0.25) is 0 Å². The van der Waals surface area contributed by atoms with Gasteiger partial charge in [-0.15, -0.1) is 0 Å². The minimum Gasteiger partial charge on any atom is -0.373 e. The van der Waals surface area contributed by atoms with Gasteiger partial charge >= 0.3 is 0 Å². The number of anilines is 2. The van der Waals surface area contributed by atoms with Crippen molar-refractivity contribution >= 4 is 17.7 Å². The van der Waals surface area contributed by atoms with E-state index in [9.17, 15) is 4.79 Å². The summed E-state index contributed by atoms with van der Waals surface area (Å²) < 4.78 is 2.02. The maximum Gasteiger partial charge on any atom is 0.227 e. The third kappa shape index (κ3) is 3.29. The van der Waals surface area contributed by atoms with Crippen LogP contribution in [-0.2, 0) is 24.4 Å². The van der Waals surface area contributed by atoms with Crippen LogP contribution in [0.15, 0.2) is 18.3 Å². The van der Waals surface area contributed by atoms with E-state index in [1.165, 1.54) is 6.42 Å². The molecular formula is C17H23N7O. The summed E-state index contributed by atoms with van der Waals surface area (Å²) in [5.74, 6) is 1.91. The summed E-state index contributed by atoms with van der Waals surface area (Å²) >= 11 is 0. The van der Waals surface area contributed by atoms with Gasteiger partial charge in [0.15, 0.2) is 0 Å². The SMILES string of the molecule is CNc1ccnc(N2CCn3nc(CNC(=O)C4CCC4)cc3C2)n1. The first-order chi connectivity index (χ1) is 12.2. The van der Waals surface area contributed by atoms with Crippen molar-refractivity contribution in [3.8, 4) is 0 Å². The summed E-state index contributed by atoms with van der Waals surface area (Å²) in [5.41, 5.74) is 2.03. The molecule has 4 rings (SSSR count). The molecule has 1 amide bonds. The number of fused-ring (bicyclic) bond motifs is 1. The number of nitrogens with zero attached hydrogens (tertiary/aromatic N) is 5. The topological polar surface area (TPSA) is 88.0 Å². The Morgan fingerprint density at radius 2 is 2.24 bits per heavy atom. The smallest absolute Gasteiger partial charge is 0.227 e. The van der Waals surface area contributed by atoms with Gasteiger partial charge in [0.25, 0.3) is 0 Å². The number of aromatic nitrogens is 4. The van der Waals surface area contributed by atoms with Crippen molar-refractivity contribution in [3.63, 3.8) is 0 Å². The van der Waals surface area contributed by atoms with Gasteiger partial charge in [-0.2, -0.15) is 10.1 Å². The molecule has 3 heterocycles. The zero-order valence-electron chi connectivity index (χ0n) is 14.4. The van der Waals surface area contributed by atoms with Gasteiger partial charge in [0.1, 0.15) is 5.82 Å². The highest BCUT2D eigenvalue weighted by molar-refractivity contribution is 5.79. The van der Waals surface area contributed by atoms with Gasteiger partial charge in [-0.05, 0) is 25.0 Å². The Morgan fingerprint density at radius 3 is 3.00 bits per heavy atom. The second-order valence-electron chi connectivity index (χ2n) is 6.61. The lowest BCUT2D eigenvalue weighted by atomic mass is 9.85. The van der Waals surface area contributed by atoms with Crippen LogP contribution in [-0.4, -0.2) is 39.2 Å². The molecule has 2 aliphatic rings. The van der Waals surface area contributed by atoms with E-state index in [0.717, 1.165) is 55.6 Å². The number of carbonyl (C=O) groups is 1. The lowest BCUT2D eigenvalue weighted by molar-refractivity contribution is -0.127. The first-order valence-corrected chi connectivity index (χ1v) is 8.82. The highest BCUT2D eigenvalue weighted by Gasteiger charge is 2.25. The van der Waals surface area contributed by atoms with Gasteiger partial charge in [0.2, 0.25) is 11.9 Å². The van der Waals surface area contributed by atoms with Crippen LogP contribution in [0.1, 0.15) is 30.7 Å². The number of amides is 1. The Labute approximate surface area is 146 Å². The molecule has 8 heteroatoms. The summed E-state index contributed by atoms with van der Waals surface area (Å²) in [7, 11) is 1.85. The van der Waals surface area contributed by atoms with Crippen molar-refractivity contribution in [3.05, 3.63) is 29.7 Å². The van der Waals surface area contributed by atoms with E-state index in [2.05, 4.69) is 36.7 Å². The second kappa shape index (κ2) is 6.70. The van der Waals surface area contributed by atoms with Gasteiger partial charge in [-0.25, -0.2) is 4.98 Å². The molecule has 1 aliphatic heterocycles. The molecule has 0 bridgehead atoms. The van der Waals surface area contributed by atoms with Crippen molar-refractivity contribution in [1.29, 1.82) is 0 Å². The van der Waals surface area contributed by atoms with Crippen LogP contribution in [0.5, 0.6) is 0 Å². The fourth-order valence-electron chi connectivity index (χ4n) is 3.22. The number of rotatable bonds is 5. The Bertz CT molecular complexity index is 768. The first-order valence-electron chi connectivity index (χ1n) is 8.82. The average molecular weight is 341 g/mol. The predicted molar refractivity (Wildman–Crippen MR) is 94.0 cm³/mol. The van der Waals surface area contributed by atoms with Crippen molar-refractivity contribution in [2.24, 2.45) is 5.92 Å². The molecule has 132 valence electrons. The van der Waals surface area contributed by atoms with Crippen molar-refractivity contribution in [2.75, 3.05) is 23.8 Å². The molecular weight excluding hydrogens is 318 g/mol. The van der Waals surface area contributed by atoms with Gasteiger partial charge in [-0.1, -0.05) is 6.42 Å². The molecule has 0 atom stereocenters. The van der Waals surface area contributed by atoms with E-state index >= 15 is 0 Å². The molecule has 0 saturated heterocycles. The number of nitrogens with one attached hydrogen (secondary N) is 2. The Morgan fingerprint density at radius 1 is 1.36 bits per heavy atom. The van der Waals surface area contributed by atoms with E-state index in [1.54, 1.807) is 6.20 Å². The lowest BCUT2D eigenvalue weighted by Gasteiger charge is -2.27. The van der Waals surface area contributed by atoms with Gasteiger partial charge in [0, 0.05) is 25.7 Å². The number of hydrogen-bond donors (Lipinski definition) is 2. The number of hydrogen-bond acceptors (Lipinski definition) is 6. The summed E-state index contributed by atoms with van der Waals surface area (Å²) in [5, 5.41) is 10.7. The highest BCUT2D eigenvalue weighted by atomic mass is 16.1. The zero-order chi connectivity index (χ0) is 17.2. The summed E-state index contributed by atoms with van der Waals surface area (Å²) in [6.45, 7) is 2.83. The highest BCUT2D eigenvalue weighted by Crippen LogP contribution is 2.26. The molecule has 0 radical (unpaired) electrons. The Kier molecular flexibility index (Phi) is 4.25. The molecule has 1 fully saturated rings. The van der Waals surface area contributed by atoms with Gasteiger partial charge < -0.3 is 15.5 Å². The third-order valence-electron chi connectivity index (χ3n) is 4.95. The molecule has 2 aromatic rings. The summed E-state index contributed by atoms with van der Waals surface area (Å²) in [4.78, 5) is 23.0. The van der Waals surface area contributed by atoms with E-state index in [4.69, 9.17) is 0 Å². The monoisotopic (exact) mass is 341 g/mol. The summed E-state index contributed by atoms with van der Waals surface area (Å²) in [6.07, 6.45) is 4.98. The molecule has 0 unspecified atom stereocenters. The number of carbonyl (C=O) groups excluding carboxylic acids is 1. The van der Waals surface area contributed by atoms with Crippen LogP contribution in [0.3, 0.4) is 0 Å². The minimum absolute atomic E-state index is 0.163. The van der Waals surface area contributed by atoms with E-state index in [1.807, 2.05) is 17.8 Å². The average Bonchev–Trinajstić information content (AvgIpc) is 3.00. The molecule has 25 heavy (non-hydrogen) atoms. The summed E-state index contributed by atoms with van der Waals surface area (Å²) in [6, 6.07) is 3.91. The standard InChI is InChI=1S/C17H23N7O/c1-18-15-5-6-19-17(21-15)23-7-8-24-14(11-23)9-13(22-24)10-20-16(25)12-3-2-4-12/h5-6,9,12H,2-4,7-8,10-11H2,1H3,(H,20,25)(H,18,19,21). The van der Waals surface area contributed by atoms with Crippen LogP contribution in [0.25, 0.3) is 0 Å². The molecule has 2 N–H and O–H groups in total. The minimum atomic E-state index is 0.163. The molecule has 1 saturated carbocycles. The van der Waals surface area contributed by atoms with Crippen LogP contribution >= 0.6 is 0 Å². The quantitative estimate of drug-likeness (QED) is 0.848. The Balaban J connectivity index is 1.41.